The summed E-state index contributed by atoms with van der Waals surface area (Å²) in [5.74, 6) is 0. The Bertz CT molecular complexity index is 1050. The third-order valence-corrected chi connectivity index (χ3v) is 7.24. The predicted molar refractivity (Wildman–Crippen MR) is 141 cm³/mol. The smallest absolute Gasteiger partial charge is 0.122 e. The maximum atomic E-state index is 10.1. The molecule has 0 bridgehead atoms. The van der Waals surface area contributed by atoms with Crippen LogP contribution in [0.3, 0.4) is 0 Å². The summed E-state index contributed by atoms with van der Waals surface area (Å²) in [5.41, 5.74) is 2.47. The molecule has 1 fully saturated rings. The highest BCUT2D eigenvalue weighted by molar-refractivity contribution is 9.10. The normalized spacial score (nSPS) is 21.7. The molecule has 1 saturated heterocycles. The first-order chi connectivity index (χ1) is 17.0. The van der Waals surface area contributed by atoms with Crippen molar-refractivity contribution >= 4 is 27.5 Å². The molecule has 2 N–H and O–H groups in total. The molecule has 0 radical (unpaired) electrons. The minimum absolute atomic E-state index is 0.270. The average Bonchev–Trinajstić information content (AvgIpc) is 2.89. The van der Waals surface area contributed by atoms with Crippen LogP contribution < -0.4 is 0 Å². The summed E-state index contributed by atoms with van der Waals surface area (Å²) in [4.78, 5) is 2.13. The van der Waals surface area contributed by atoms with Gasteiger partial charge in [-0.1, -0.05) is 82.1 Å². The number of hydrogen-bond donors (Lipinski definition) is 2. The van der Waals surface area contributed by atoms with Crippen molar-refractivity contribution < 1.29 is 19.7 Å². The van der Waals surface area contributed by atoms with Crippen LogP contribution in [0.1, 0.15) is 23.1 Å². The largest absolute Gasteiger partial charge is 0.394 e. The number of aliphatic hydroxyl groups is 2. The molecular weight excluding hydrogens is 530 g/mol. The summed E-state index contributed by atoms with van der Waals surface area (Å²) in [6, 6.07) is 26.0. The molecule has 0 spiro atoms. The predicted octanol–water partition coefficient (Wildman–Crippen LogP) is 5.16. The van der Waals surface area contributed by atoms with E-state index < -0.39 is 11.7 Å². The van der Waals surface area contributed by atoms with Gasteiger partial charge in [-0.05, 0) is 47.4 Å². The third kappa shape index (κ3) is 6.92. The summed E-state index contributed by atoms with van der Waals surface area (Å²) in [6.07, 6.45) is -0.434. The topological polar surface area (TPSA) is 62.2 Å². The molecule has 3 aromatic carbocycles. The second kappa shape index (κ2) is 12.5. The lowest BCUT2D eigenvalue weighted by atomic mass is 9.81. The molecule has 1 unspecified atom stereocenters. The van der Waals surface area contributed by atoms with Crippen LogP contribution in [0.15, 0.2) is 83.3 Å². The second-order valence-corrected chi connectivity index (χ2v) is 10.3. The van der Waals surface area contributed by atoms with Crippen molar-refractivity contribution in [3.05, 3.63) is 105 Å². The summed E-state index contributed by atoms with van der Waals surface area (Å²) in [7, 11) is 0. The molecule has 35 heavy (non-hydrogen) atoms. The van der Waals surface area contributed by atoms with Gasteiger partial charge in [-0.3, -0.25) is 4.90 Å². The van der Waals surface area contributed by atoms with Gasteiger partial charge in [0.15, 0.2) is 0 Å². The first kappa shape index (κ1) is 26.3. The van der Waals surface area contributed by atoms with Gasteiger partial charge >= 0.3 is 0 Å². The van der Waals surface area contributed by atoms with E-state index in [0.717, 1.165) is 21.2 Å². The Morgan fingerprint density at radius 2 is 1.66 bits per heavy atom. The van der Waals surface area contributed by atoms with Crippen molar-refractivity contribution in [2.75, 3.05) is 26.2 Å². The molecule has 0 saturated carbocycles. The number of piperidine rings is 1. The van der Waals surface area contributed by atoms with Crippen LogP contribution in [0, 0.1) is 0 Å². The van der Waals surface area contributed by atoms with E-state index in [1.165, 1.54) is 0 Å². The second-order valence-electron chi connectivity index (χ2n) is 8.94. The highest BCUT2D eigenvalue weighted by atomic mass is 79.9. The Morgan fingerprint density at radius 3 is 2.34 bits per heavy atom. The number of benzene rings is 3. The number of nitrogens with zero attached hydrogens (tertiary/aromatic N) is 1. The minimum Gasteiger partial charge on any atom is -0.394 e. The van der Waals surface area contributed by atoms with Gasteiger partial charge in [0.1, 0.15) is 11.7 Å². The van der Waals surface area contributed by atoms with Gasteiger partial charge in [-0.2, -0.15) is 0 Å². The van der Waals surface area contributed by atoms with E-state index in [0.29, 0.717) is 44.3 Å². The molecule has 0 aromatic heterocycles. The van der Waals surface area contributed by atoms with E-state index in [1.807, 2.05) is 66.7 Å². The fourth-order valence-electron chi connectivity index (χ4n) is 4.54. The summed E-state index contributed by atoms with van der Waals surface area (Å²) < 4.78 is 14.4. The van der Waals surface area contributed by atoms with E-state index in [4.69, 9.17) is 21.1 Å². The number of β-amino-alcohol motifs (C(OH)–C–C–N with tert-alkyl or cyclic N) is 1. The van der Waals surface area contributed by atoms with Gasteiger partial charge in [-0.25, -0.2) is 0 Å². The van der Waals surface area contributed by atoms with Crippen molar-refractivity contribution in [1.82, 2.24) is 4.90 Å². The fraction of sp³-hybridized carbons (Fsp3) is 0.357. The molecule has 0 amide bonds. The highest BCUT2D eigenvalue weighted by Crippen LogP contribution is 2.40. The van der Waals surface area contributed by atoms with E-state index in [2.05, 4.69) is 33.0 Å². The molecule has 3 aromatic rings. The quantitative estimate of drug-likeness (QED) is 0.359. The Balaban J connectivity index is 1.64. The highest BCUT2D eigenvalue weighted by Gasteiger charge is 2.46. The Kier molecular flexibility index (Phi) is 9.36. The molecule has 7 heteroatoms. The van der Waals surface area contributed by atoms with Crippen LogP contribution >= 0.6 is 27.5 Å². The minimum atomic E-state index is -0.796. The average molecular weight is 561 g/mol. The first-order valence-electron chi connectivity index (χ1n) is 11.8. The Hall–Kier alpha value is -1.77. The van der Waals surface area contributed by atoms with Crippen LogP contribution in [0.25, 0.3) is 0 Å². The number of rotatable bonds is 10. The monoisotopic (exact) mass is 559 g/mol. The Labute approximate surface area is 220 Å². The van der Waals surface area contributed by atoms with Gasteiger partial charge in [0.05, 0.1) is 25.9 Å². The molecule has 3 atom stereocenters. The molecule has 1 aliphatic heterocycles. The number of halogens is 2. The molecule has 4 rings (SSSR count). The Morgan fingerprint density at radius 1 is 0.971 bits per heavy atom. The van der Waals surface area contributed by atoms with E-state index in [1.54, 1.807) is 0 Å². The summed E-state index contributed by atoms with van der Waals surface area (Å²) >= 11 is 9.71. The first-order valence-corrected chi connectivity index (χ1v) is 13.0. The molecular formula is C28H31BrClNO4. The van der Waals surface area contributed by atoms with Crippen LogP contribution in [0.2, 0.25) is 5.02 Å². The van der Waals surface area contributed by atoms with Gasteiger partial charge in [0, 0.05) is 29.1 Å². The lowest BCUT2D eigenvalue weighted by Gasteiger charge is -2.48. The maximum Gasteiger partial charge on any atom is 0.122 e. The zero-order valence-corrected chi connectivity index (χ0v) is 21.9. The summed E-state index contributed by atoms with van der Waals surface area (Å²) in [5, 5.41) is 20.1. The van der Waals surface area contributed by atoms with Crippen LogP contribution in [-0.4, -0.2) is 53.6 Å². The molecule has 0 aliphatic carbocycles. The van der Waals surface area contributed by atoms with E-state index >= 15 is 0 Å². The van der Waals surface area contributed by atoms with Crippen LogP contribution in [-0.2, 0) is 28.3 Å². The van der Waals surface area contributed by atoms with Crippen LogP contribution in [0.4, 0.5) is 0 Å². The summed E-state index contributed by atoms with van der Waals surface area (Å²) in [6.45, 7) is 2.24. The van der Waals surface area contributed by atoms with Gasteiger partial charge in [-0.15, -0.1) is 0 Å². The molecule has 1 aliphatic rings. The van der Waals surface area contributed by atoms with Crippen molar-refractivity contribution in [3.63, 3.8) is 0 Å². The van der Waals surface area contributed by atoms with Crippen molar-refractivity contribution in [2.24, 2.45) is 0 Å². The number of aliphatic hydroxyl groups excluding tert-OH is 2. The lowest BCUT2D eigenvalue weighted by molar-refractivity contribution is -0.195. The zero-order valence-electron chi connectivity index (χ0n) is 19.5. The number of hydrogen-bond acceptors (Lipinski definition) is 5. The lowest BCUT2D eigenvalue weighted by Crippen LogP contribution is -2.57. The fourth-order valence-corrected chi connectivity index (χ4v) is 4.93. The van der Waals surface area contributed by atoms with Crippen molar-refractivity contribution in [3.8, 4) is 0 Å². The van der Waals surface area contributed by atoms with E-state index in [9.17, 15) is 10.2 Å². The van der Waals surface area contributed by atoms with Crippen molar-refractivity contribution in [1.29, 1.82) is 0 Å². The van der Waals surface area contributed by atoms with Gasteiger partial charge in [0.25, 0.3) is 0 Å². The van der Waals surface area contributed by atoms with Crippen molar-refractivity contribution in [2.45, 2.75) is 37.4 Å². The van der Waals surface area contributed by atoms with E-state index in [-0.39, 0.29) is 12.7 Å². The van der Waals surface area contributed by atoms with Crippen LogP contribution in [0.5, 0.6) is 0 Å². The number of likely N-dealkylation sites (tertiary alicyclic amines) is 1. The molecule has 5 nitrogen and oxygen atoms in total. The molecule has 186 valence electrons. The zero-order chi connectivity index (χ0) is 24.7. The standard InChI is InChI=1S/C28H31BrClNO4/c29-24-10-6-22(7-11-24)19-34-27-17-31(16-26(33)18-32)15-14-28(27,23-8-12-25(30)13-9-23)35-20-21-4-2-1-3-5-21/h1-13,26-27,32-33H,14-20H2/t26?,27-,28+/m0/s1. The SMILES string of the molecule is OCC(O)CN1CC[C@@](OCc2ccccc2)(c2ccc(Cl)cc2)[C@@H](OCc2ccc(Br)cc2)C1. The number of ether oxygens (including phenoxy) is 2. The van der Waals surface area contributed by atoms with Gasteiger partial charge < -0.3 is 19.7 Å². The van der Waals surface area contributed by atoms with Gasteiger partial charge in [0.2, 0.25) is 0 Å². The molecule has 1 heterocycles. The maximum absolute atomic E-state index is 10.1. The third-order valence-electron chi connectivity index (χ3n) is 6.46.